The van der Waals surface area contributed by atoms with Crippen LogP contribution in [0.1, 0.15) is 36.5 Å². The van der Waals surface area contributed by atoms with Crippen molar-refractivity contribution in [3.63, 3.8) is 0 Å². The zero-order valence-corrected chi connectivity index (χ0v) is 19.0. The summed E-state index contributed by atoms with van der Waals surface area (Å²) in [6.45, 7) is 4.60. The number of hydrogen-bond donors (Lipinski definition) is 3. The second-order valence-electron chi connectivity index (χ2n) is 7.69. The average molecular weight is 445 g/mol. The first kappa shape index (κ1) is 23.1. The molecule has 0 radical (unpaired) electrons. The number of aliphatic imine (C=N–C) groups is 1. The predicted octanol–water partition coefficient (Wildman–Crippen LogP) is 2.78. The zero-order valence-electron chi connectivity index (χ0n) is 18.2. The lowest BCUT2D eigenvalue weighted by molar-refractivity contribution is 0.296. The topological polar surface area (TPSA) is 91.8 Å². The van der Waals surface area contributed by atoms with Gasteiger partial charge in [-0.05, 0) is 49.9 Å². The summed E-state index contributed by atoms with van der Waals surface area (Å²) in [5.41, 5.74) is 2.78. The Morgan fingerprint density at radius 1 is 1.10 bits per heavy atom. The highest BCUT2D eigenvalue weighted by Crippen LogP contribution is 2.30. The molecule has 168 valence electrons. The standard InChI is InChI=1S/C23H32N4O3S/c1-3-25-23(26-14-19-7-6-8-20(13-19)17-31(28,29)24-2)27-15-21-9-4-5-10-22(21)30-16-18-11-12-18/h4-10,13,18,24H,3,11-12,14-17H2,1-2H3,(H2,25,26,27). The SMILES string of the molecule is CCNC(=NCc1cccc(CS(=O)(=O)NC)c1)NCc1ccccc1OCC1CC1. The van der Waals surface area contributed by atoms with Crippen LogP contribution in [-0.2, 0) is 28.9 Å². The molecule has 0 spiro atoms. The van der Waals surface area contributed by atoms with E-state index in [0.29, 0.717) is 25.0 Å². The molecule has 1 aliphatic rings. The van der Waals surface area contributed by atoms with Gasteiger partial charge in [0.1, 0.15) is 5.75 Å². The highest BCUT2D eigenvalue weighted by atomic mass is 32.2. The van der Waals surface area contributed by atoms with Crippen molar-refractivity contribution in [3.05, 3.63) is 65.2 Å². The molecule has 2 aromatic carbocycles. The number of rotatable bonds is 11. The van der Waals surface area contributed by atoms with Crippen molar-refractivity contribution in [2.24, 2.45) is 10.9 Å². The van der Waals surface area contributed by atoms with Crippen LogP contribution in [0.4, 0.5) is 0 Å². The molecular weight excluding hydrogens is 412 g/mol. The third-order valence-corrected chi connectivity index (χ3v) is 6.35. The predicted molar refractivity (Wildman–Crippen MR) is 124 cm³/mol. The molecule has 0 atom stereocenters. The number of nitrogens with one attached hydrogen (secondary N) is 3. The molecule has 31 heavy (non-hydrogen) atoms. The molecule has 3 rings (SSSR count). The first-order chi connectivity index (χ1) is 15.0. The van der Waals surface area contributed by atoms with Gasteiger partial charge in [-0.2, -0.15) is 0 Å². The highest BCUT2D eigenvalue weighted by molar-refractivity contribution is 7.88. The van der Waals surface area contributed by atoms with E-state index in [1.54, 1.807) is 0 Å². The molecule has 1 aliphatic carbocycles. The van der Waals surface area contributed by atoms with E-state index in [4.69, 9.17) is 4.74 Å². The lowest BCUT2D eigenvalue weighted by atomic mass is 10.1. The Morgan fingerprint density at radius 2 is 1.87 bits per heavy atom. The van der Waals surface area contributed by atoms with Crippen molar-refractivity contribution in [2.75, 3.05) is 20.2 Å². The summed E-state index contributed by atoms with van der Waals surface area (Å²) in [6.07, 6.45) is 2.53. The molecule has 0 bridgehead atoms. The van der Waals surface area contributed by atoms with E-state index in [9.17, 15) is 8.42 Å². The third-order valence-electron chi connectivity index (χ3n) is 5.01. The van der Waals surface area contributed by atoms with E-state index in [2.05, 4.69) is 26.4 Å². The van der Waals surface area contributed by atoms with Crippen LogP contribution < -0.4 is 20.1 Å². The van der Waals surface area contributed by atoms with Crippen molar-refractivity contribution in [2.45, 2.75) is 38.6 Å². The third kappa shape index (κ3) is 7.88. The summed E-state index contributed by atoms with van der Waals surface area (Å²) in [5.74, 6) is 2.28. The van der Waals surface area contributed by atoms with Gasteiger partial charge in [0.2, 0.25) is 10.0 Å². The van der Waals surface area contributed by atoms with Gasteiger partial charge in [0.25, 0.3) is 0 Å². The maximum Gasteiger partial charge on any atom is 0.215 e. The van der Waals surface area contributed by atoms with Gasteiger partial charge < -0.3 is 15.4 Å². The van der Waals surface area contributed by atoms with E-state index >= 15 is 0 Å². The minimum atomic E-state index is -3.30. The van der Waals surface area contributed by atoms with Gasteiger partial charge in [0, 0.05) is 18.7 Å². The van der Waals surface area contributed by atoms with Crippen LogP contribution >= 0.6 is 0 Å². The van der Waals surface area contributed by atoms with Gasteiger partial charge >= 0.3 is 0 Å². The van der Waals surface area contributed by atoms with E-state index in [1.807, 2.05) is 49.4 Å². The molecule has 1 saturated carbocycles. The van der Waals surface area contributed by atoms with Crippen LogP contribution in [0, 0.1) is 5.92 Å². The van der Waals surface area contributed by atoms with Crippen molar-refractivity contribution < 1.29 is 13.2 Å². The minimum Gasteiger partial charge on any atom is -0.493 e. The molecule has 0 aromatic heterocycles. The van der Waals surface area contributed by atoms with Crippen LogP contribution in [0.2, 0.25) is 0 Å². The Balaban J connectivity index is 1.62. The van der Waals surface area contributed by atoms with Crippen LogP contribution in [0.15, 0.2) is 53.5 Å². The number of benzene rings is 2. The van der Waals surface area contributed by atoms with Crippen molar-refractivity contribution in [1.29, 1.82) is 0 Å². The number of ether oxygens (including phenoxy) is 1. The van der Waals surface area contributed by atoms with Crippen LogP contribution in [0.3, 0.4) is 0 Å². The van der Waals surface area contributed by atoms with Crippen molar-refractivity contribution >= 4 is 16.0 Å². The molecule has 1 fully saturated rings. The maximum atomic E-state index is 11.8. The van der Waals surface area contributed by atoms with E-state index in [0.717, 1.165) is 35.6 Å². The fraction of sp³-hybridized carbons (Fsp3) is 0.435. The fourth-order valence-electron chi connectivity index (χ4n) is 3.08. The second kappa shape index (κ2) is 11.2. The van der Waals surface area contributed by atoms with Gasteiger partial charge in [-0.25, -0.2) is 18.1 Å². The summed E-state index contributed by atoms with van der Waals surface area (Å²) in [4.78, 5) is 4.66. The van der Waals surface area contributed by atoms with Crippen LogP contribution in [0.25, 0.3) is 0 Å². The summed E-state index contributed by atoms with van der Waals surface area (Å²) >= 11 is 0. The summed E-state index contributed by atoms with van der Waals surface area (Å²) in [5, 5.41) is 6.62. The number of hydrogen-bond acceptors (Lipinski definition) is 4. The lowest BCUT2D eigenvalue weighted by Crippen LogP contribution is -2.36. The molecule has 0 saturated heterocycles. The summed E-state index contributed by atoms with van der Waals surface area (Å²) < 4.78 is 31.9. The second-order valence-corrected chi connectivity index (χ2v) is 9.62. The molecule has 2 aromatic rings. The summed E-state index contributed by atoms with van der Waals surface area (Å²) in [7, 11) is -1.88. The Kier molecular flexibility index (Phi) is 8.31. The average Bonchev–Trinajstić information content (AvgIpc) is 3.59. The molecule has 0 unspecified atom stereocenters. The Bertz CT molecular complexity index is 988. The zero-order chi connectivity index (χ0) is 22.1. The monoisotopic (exact) mass is 444 g/mol. The van der Waals surface area contributed by atoms with Gasteiger partial charge in [0.05, 0.1) is 18.9 Å². The van der Waals surface area contributed by atoms with Gasteiger partial charge in [-0.15, -0.1) is 0 Å². The molecule has 0 heterocycles. The number of sulfonamides is 1. The van der Waals surface area contributed by atoms with Crippen molar-refractivity contribution in [1.82, 2.24) is 15.4 Å². The van der Waals surface area contributed by atoms with Crippen molar-refractivity contribution in [3.8, 4) is 5.75 Å². The van der Waals surface area contributed by atoms with Gasteiger partial charge in [0.15, 0.2) is 5.96 Å². The fourth-order valence-corrected chi connectivity index (χ4v) is 3.85. The van der Waals surface area contributed by atoms with E-state index in [1.165, 1.54) is 19.9 Å². The largest absolute Gasteiger partial charge is 0.493 e. The number of guanidine groups is 1. The Hall–Kier alpha value is -2.58. The first-order valence-electron chi connectivity index (χ1n) is 10.7. The number of para-hydroxylation sites is 1. The van der Waals surface area contributed by atoms with E-state index in [-0.39, 0.29) is 5.75 Å². The molecule has 0 aliphatic heterocycles. The summed E-state index contributed by atoms with van der Waals surface area (Å²) in [6, 6.07) is 15.6. The van der Waals surface area contributed by atoms with Gasteiger partial charge in [-0.1, -0.05) is 42.5 Å². The van der Waals surface area contributed by atoms with Crippen LogP contribution in [-0.4, -0.2) is 34.6 Å². The molecule has 8 heteroatoms. The van der Waals surface area contributed by atoms with Gasteiger partial charge in [-0.3, -0.25) is 0 Å². The molecule has 7 nitrogen and oxygen atoms in total. The Morgan fingerprint density at radius 3 is 2.61 bits per heavy atom. The highest BCUT2D eigenvalue weighted by Gasteiger charge is 2.22. The maximum absolute atomic E-state index is 11.8. The lowest BCUT2D eigenvalue weighted by Gasteiger charge is -2.15. The molecule has 3 N–H and O–H groups in total. The molecule has 0 amide bonds. The first-order valence-corrected chi connectivity index (χ1v) is 12.4. The molecular formula is C23H32N4O3S. The quantitative estimate of drug-likeness (QED) is 0.366. The van der Waals surface area contributed by atoms with Crippen LogP contribution in [0.5, 0.6) is 5.75 Å². The minimum absolute atomic E-state index is 0.0446. The Labute approximate surface area is 185 Å². The normalized spacial score (nSPS) is 14.3. The number of nitrogens with zero attached hydrogens (tertiary/aromatic N) is 1. The smallest absolute Gasteiger partial charge is 0.215 e. The van der Waals surface area contributed by atoms with E-state index < -0.39 is 10.0 Å².